The molecule has 0 saturated carbocycles. The Kier molecular flexibility index (Phi) is 4.88. The molecule has 0 amide bonds. The molecule has 0 spiro atoms. The van der Waals surface area contributed by atoms with Crippen molar-refractivity contribution in [3.8, 4) is 0 Å². The highest BCUT2D eigenvalue weighted by Crippen LogP contribution is 2.20. The number of hydrogen-bond acceptors (Lipinski definition) is 3. The van der Waals surface area contributed by atoms with Crippen molar-refractivity contribution in [3.63, 3.8) is 0 Å². The van der Waals surface area contributed by atoms with Gasteiger partial charge in [0, 0.05) is 35.4 Å². The molecule has 1 aromatic carbocycles. The van der Waals surface area contributed by atoms with Crippen molar-refractivity contribution < 1.29 is 4.79 Å². The molecule has 0 atom stereocenters. The van der Waals surface area contributed by atoms with Gasteiger partial charge in [-0.05, 0) is 49.6 Å². The van der Waals surface area contributed by atoms with Gasteiger partial charge in [0.2, 0.25) is 0 Å². The lowest BCUT2D eigenvalue weighted by Gasteiger charge is -2.13. The second kappa shape index (κ2) is 6.84. The van der Waals surface area contributed by atoms with E-state index in [1.807, 2.05) is 19.1 Å². The summed E-state index contributed by atoms with van der Waals surface area (Å²) >= 11 is 0. The van der Waals surface area contributed by atoms with Crippen LogP contribution in [-0.2, 0) is 0 Å². The number of benzene rings is 1. The standard InChI is InChI=1S/C18H20N2O/c1-4-16(12-18(21)15-8-10-19-11-9-15)20-17-7-5-6-13(2)14(17)3/h5-12,20H,4H2,1-3H3/b16-12-. The predicted molar refractivity (Wildman–Crippen MR) is 86.5 cm³/mol. The van der Waals surface area contributed by atoms with Crippen molar-refractivity contribution in [3.05, 3.63) is 71.2 Å². The lowest BCUT2D eigenvalue weighted by molar-refractivity contribution is 0.104. The van der Waals surface area contributed by atoms with Gasteiger partial charge in [0.05, 0.1) is 0 Å². The average Bonchev–Trinajstić information content (AvgIpc) is 2.51. The molecule has 0 fully saturated rings. The molecular weight excluding hydrogens is 260 g/mol. The number of pyridine rings is 1. The summed E-state index contributed by atoms with van der Waals surface area (Å²) in [6.07, 6.45) is 5.69. The van der Waals surface area contributed by atoms with Crippen LogP contribution in [0, 0.1) is 13.8 Å². The second-order valence-corrected chi connectivity index (χ2v) is 5.00. The molecule has 21 heavy (non-hydrogen) atoms. The number of aryl methyl sites for hydroxylation is 1. The third-order valence-electron chi connectivity index (χ3n) is 3.55. The molecule has 2 rings (SSSR count). The summed E-state index contributed by atoms with van der Waals surface area (Å²) in [6.45, 7) is 6.19. The van der Waals surface area contributed by atoms with Crippen molar-refractivity contribution >= 4 is 11.5 Å². The van der Waals surface area contributed by atoms with Crippen molar-refractivity contribution in [2.24, 2.45) is 0 Å². The van der Waals surface area contributed by atoms with Crippen LogP contribution >= 0.6 is 0 Å². The summed E-state index contributed by atoms with van der Waals surface area (Å²) in [5.41, 5.74) is 5.04. The van der Waals surface area contributed by atoms with E-state index in [9.17, 15) is 4.79 Å². The molecule has 0 radical (unpaired) electrons. The average molecular weight is 280 g/mol. The zero-order chi connectivity index (χ0) is 15.2. The van der Waals surface area contributed by atoms with E-state index in [4.69, 9.17) is 0 Å². The quantitative estimate of drug-likeness (QED) is 0.656. The molecule has 3 nitrogen and oxygen atoms in total. The summed E-state index contributed by atoms with van der Waals surface area (Å²) in [6, 6.07) is 9.58. The lowest BCUT2D eigenvalue weighted by atomic mass is 10.1. The number of nitrogens with zero attached hydrogens (tertiary/aromatic N) is 1. The third kappa shape index (κ3) is 3.78. The molecule has 2 aromatic rings. The number of rotatable bonds is 5. The highest BCUT2D eigenvalue weighted by atomic mass is 16.1. The molecule has 0 aliphatic carbocycles. The van der Waals surface area contributed by atoms with E-state index < -0.39 is 0 Å². The van der Waals surface area contributed by atoms with Crippen molar-refractivity contribution in [1.29, 1.82) is 0 Å². The van der Waals surface area contributed by atoms with Crippen molar-refractivity contribution in [2.75, 3.05) is 5.32 Å². The van der Waals surface area contributed by atoms with E-state index in [1.165, 1.54) is 11.1 Å². The van der Waals surface area contributed by atoms with E-state index in [0.717, 1.165) is 17.8 Å². The number of aromatic nitrogens is 1. The predicted octanol–water partition coefficient (Wildman–Crippen LogP) is 4.29. The maximum atomic E-state index is 12.2. The van der Waals surface area contributed by atoms with Crippen LogP contribution in [0.2, 0.25) is 0 Å². The zero-order valence-electron chi connectivity index (χ0n) is 12.7. The van der Waals surface area contributed by atoms with Gasteiger partial charge in [-0.1, -0.05) is 19.1 Å². The molecule has 108 valence electrons. The first-order valence-corrected chi connectivity index (χ1v) is 7.10. The Morgan fingerprint density at radius 1 is 1.19 bits per heavy atom. The van der Waals surface area contributed by atoms with Crippen LogP contribution < -0.4 is 5.32 Å². The number of anilines is 1. The van der Waals surface area contributed by atoms with E-state index in [2.05, 4.69) is 30.2 Å². The van der Waals surface area contributed by atoms with Crippen LogP contribution in [0.1, 0.15) is 34.8 Å². The molecule has 0 aliphatic heterocycles. The molecule has 0 unspecified atom stereocenters. The molecular formula is C18H20N2O. The van der Waals surface area contributed by atoms with E-state index in [-0.39, 0.29) is 5.78 Å². The second-order valence-electron chi connectivity index (χ2n) is 5.00. The van der Waals surface area contributed by atoms with Gasteiger partial charge in [-0.3, -0.25) is 9.78 Å². The normalized spacial score (nSPS) is 11.3. The molecule has 1 heterocycles. The summed E-state index contributed by atoms with van der Waals surface area (Å²) in [5, 5.41) is 3.36. The summed E-state index contributed by atoms with van der Waals surface area (Å²) < 4.78 is 0. The van der Waals surface area contributed by atoms with Gasteiger partial charge in [-0.15, -0.1) is 0 Å². The first-order chi connectivity index (χ1) is 10.1. The van der Waals surface area contributed by atoms with Crippen LogP contribution in [0.3, 0.4) is 0 Å². The fourth-order valence-corrected chi connectivity index (χ4v) is 2.04. The maximum absolute atomic E-state index is 12.2. The Morgan fingerprint density at radius 2 is 1.90 bits per heavy atom. The smallest absolute Gasteiger partial charge is 0.187 e. The minimum atomic E-state index is -0.00736. The van der Waals surface area contributed by atoms with Gasteiger partial charge in [-0.2, -0.15) is 0 Å². The monoisotopic (exact) mass is 280 g/mol. The summed E-state index contributed by atoms with van der Waals surface area (Å²) in [7, 11) is 0. The number of carbonyl (C=O) groups excluding carboxylic acids is 1. The van der Waals surface area contributed by atoms with Gasteiger partial charge < -0.3 is 5.32 Å². The van der Waals surface area contributed by atoms with Crippen LogP contribution in [0.25, 0.3) is 0 Å². The van der Waals surface area contributed by atoms with Crippen LogP contribution in [0.4, 0.5) is 5.69 Å². The summed E-state index contributed by atoms with van der Waals surface area (Å²) in [5.74, 6) is -0.00736. The van der Waals surface area contributed by atoms with Crippen LogP contribution in [0.5, 0.6) is 0 Å². The molecule has 0 aliphatic rings. The minimum Gasteiger partial charge on any atom is -0.359 e. The number of carbonyl (C=O) groups is 1. The van der Waals surface area contributed by atoms with Crippen molar-refractivity contribution in [1.82, 2.24) is 4.98 Å². The number of ketones is 1. The maximum Gasteiger partial charge on any atom is 0.187 e. The molecule has 3 heteroatoms. The van der Waals surface area contributed by atoms with Gasteiger partial charge >= 0.3 is 0 Å². The Morgan fingerprint density at radius 3 is 2.57 bits per heavy atom. The van der Waals surface area contributed by atoms with Crippen LogP contribution in [-0.4, -0.2) is 10.8 Å². The highest BCUT2D eigenvalue weighted by molar-refractivity contribution is 6.05. The first kappa shape index (κ1) is 15.0. The SMILES string of the molecule is CC/C(=C/C(=O)c1ccncc1)Nc1cccc(C)c1C. The van der Waals surface area contributed by atoms with Crippen LogP contribution in [0.15, 0.2) is 54.5 Å². The number of nitrogens with one attached hydrogen (secondary N) is 1. The molecule has 1 aromatic heterocycles. The van der Waals surface area contributed by atoms with Gasteiger partial charge in [-0.25, -0.2) is 0 Å². The molecule has 1 N–H and O–H groups in total. The fraction of sp³-hybridized carbons (Fsp3) is 0.222. The minimum absolute atomic E-state index is 0.00736. The Hall–Kier alpha value is -2.42. The number of hydrogen-bond donors (Lipinski definition) is 1. The largest absolute Gasteiger partial charge is 0.359 e. The number of allylic oxidation sites excluding steroid dienone is 2. The van der Waals surface area contributed by atoms with Gasteiger partial charge in [0.1, 0.15) is 0 Å². The zero-order valence-corrected chi connectivity index (χ0v) is 12.7. The Labute approximate surface area is 125 Å². The topological polar surface area (TPSA) is 42.0 Å². The van der Waals surface area contributed by atoms with Gasteiger partial charge in [0.25, 0.3) is 0 Å². The summed E-state index contributed by atoms with van der Waals surface area (Å²) in [4.78, 5) is 16.1. The first-order valence-electron chi connectivity index (χ1n) is 7.10. The van der Waals surface area contributed by atoms with Crippen molar-refractivity contribution in [2.45, 2.75) is 27.2 Å². The van der Waals surface area contributed by atoms with Gasteiger partial charge in [0.15, 0.2) is 5.78 Å². The van der Waals surface area contributed by atoms with E-state index >= 15 is 0 Å². The van der Waals surface area contributed by atoms with E-state index in [1.54, 1.807) is 30.6 Å². The van der Waals surface area contributed by atoms with E-state index in [0.29, 0.717) is 5.56 Å². The Bertz CT molecular complexity index is 660. The highest BCUT2D eigenvalue weighted by Gasteiger charge is 2.06. The third-order valence-corrected chi connectivity index (χ3v) is 3.55. The molecule has 0 bridgehead atoms. The Balaban J connectivity index is 2.22. The lowest BCUT2D eigenvalue weighted by Crippen LogP contribution is -2.05. The fourth-order valence-electron chi connectivity index (χ4n) is 2.04. The molecule has 0 saturated heterocycles.